The first-order valence-corrected chi connectivity index (χ1v) is 11.0. The summed E-state index contributed by atoms with van der Waals surface area (Å²) in [4.78, 5) is 28.2. The zero-order chi connectivity index (χ0) is 23.0. The lowest BCUT2D eigenvalue weighted by Gasteiger charge is -2.25. The van der Waals surface area contributed by atoms with Gasteiger partial charge in [-0.15, -0.1) is 11.3 Å². The summed E-state index contributed by atoms with van der Waals surface area (Å²) in [5, 5.41) is 13.2. The zero-order valence-corrected chi connectivity index (χ0v) is 19.0. The van der Waals surface area contributed by atoms with E-state index in [-0.39, 0.29) is 33.5 Å². The molecule has 0 saturated carbocycles. The van der Waals surface area contributed by atoms with Crippen molar-refractivity contribution in [3.63, 3.8) is 0 Å². The van der Waals surface area contributed by atoms with Crippen molar-refractivity contribution in [3.8, 4) is 5.75 Å². The molecule has 164 valence electrons. The number of ether oxygens (including phenoxy) is 1. The van der Waals surface area contributed by atoms with E-state index in [4.69, 9.17) is 27.9 Å². The van der Waals surface area contributed by atoms with Gasteiger partial charge in [-0.25, -0.2) is 4.39 Å². The van der Waals surface area contributed by atoms with Crippen LogP contribution in [0.25, 0.3) is 5.76 Å². The summed E-state index contributed by atoms with van der Waals surface area (Å²) < 4.78 is 18.7. The highest BCUT2D eigenvalue weighted by Gasteiger charge is 2.46. The monoisotopic (exact) mass is 491 g/mol. The second-order valence-electron chi connectivity index (χ2n) is 7.03. The maximum Gasteiger partial charge on any atom is 0.295 e. The number of likely N-dealkylation sites (tertiary alicyclic amines) is 1. The predicted molar refractivity (Wildman–Crippen MR) is 122 cm³/mol. The quantitative estimate of drug-likeness (QED) is 0.277. The number of ketones is 1. The highest BCUT2D eigenvalue weighted by Crippen LogP contribution is 2.42. The van der Waals surface area contributed by atoms with E-state index in [9.17, 15) is 19.1 Å². The summed E-state index contributed by atoms with van der Waals surface area (Å²) in [6.07, 6.45) is 0. The van der Waals surface area contributed by atoms with Gasteiger partial charge in [0.1, 0.15) is 11.6 Å². The zero-order valence-electron chi connectivity index (χ0n) is 16.6. The Kier molecular flexibility index (Phi) is 6.24. The van der Waals surface area contributed by atoms with Crippen molar-refractivity contribution in [1.82, 2.24) is 4.90 Å². The van der Waals surface area contributed by atoms with Crippen LogP contribution >= 0.6 is 34.5 Å². The number of nitrogens with zero attached hydrogens (tertiary/aromatic N) is 1. The first-order chi connectivity index (χ1) is 15.3. The highest BCUT2D eigenvalue weighted by atomic mass is 35.5. The van der Waals surface area contributed by atoms with Crippen LogP contribution in [0.2, 0.25) is 10.0 Å². The van der Waals surface area contributed by atoms with Gasteiger partial charge in [0.2, 0.25) is 0 Å². The molecule has 1 unspecified atom stereocenters. The van der Waals surface area contributed by atoms with Crippen LogP contribution < -0.4 is 4.74 Å². The molecule has 4 rings (SSSR count). The standard InChI is InChI=1S/C23H16Cl2FNO4S/c1-31-22-16(24)9-13(10-17(22)25)20(28)18-19(12-4-6-14(26)7-5-12)27(23(30)21(18)29)11-15-3-2-8-32-15/h2-10,19,28H,11H2,1H3/b20-18+. The van der Waals surface area contributed by atoms with Gasteiger partial charge in [-0.3, -0.25) is 9.59 Å². The van der Waals surface area contributed by atoms with E-state index >= 15 is 0 Å². The van der Waals surface area contributed by atoms with Crippen molar-refractivity contribution in [2.45, 2.75) is 12.6 Å². The second-order valence-corrected chi connectivity index (χ2v) is 8.88. The van der Waals surface area contributed by atoms with Crippen LogP contribution in [0.3, 0.4) is 0 Å². The van der Waals surface area contributed by atoms with Crippen molar-refractivity contribution < 1.29 is 23.8 Å². The van der Waals surface area contributed by atoms with Crippen LogP contribution in [0.4, 0.5) is 4.39 Å². The van der Waals surface area contributed by atoms with Crippen LogP contribution in [0.5, 0.6) is 5.75 Å². The number of thiophene rings is 1. The number of benzene rings is 2. The largest absolute Gasteiger partial charge is 0.507 e. The van der Waals surface area contributed by atoms with Crippen LogP contribution in [0.15, 0.2) is 59.5 Å². The third-order valence-electron chi connectivity index (χ3n) is 5.11. The first kappa shape index (κ1) is 22.3. The molecule has 1 aliphatic heterocycles. The predicted octanol–water partition coefficient (Wildman–Crippen LogP) is 5.82. The Labute approximate surface area is 197 Å². The van der Waals surface area contributed by atoms with Crippen LogP contribution in [0.1, 0.15) is 22.0 Å². The normalized spacial score (nSPS) is 17.8. The molecular formula is C23H16Cl2FNO4S. The topological polar surface area (TPSA) is 66.8 Å². The fraction of sp³-hybridized carbons (Fsp3) is 0.130. The lowest BCUT2D eigenvalue weighted by atomic mass is 9.95. The van der Waals surface area contributed by atoms with Crippen molar-refractivity contribution in [2.75, 3.05) is 7.11 Å². The number of aliphatic hydroxyl groups excluding tert-OH is 1. The fourth-order valence-corrected chi connectivity index (χ4v) is 5.00. The van der Waals surface area contributed by atoms with Crippen molar-refractivity contribution in [2.24, 2.45) is 0 Å². The number of Topliss-reactive ketones (excluding diaryl/α,β-unsaturated/α-hetero) is 1. The van der Waals surface area contributed by atoms with Gasteiger partial charge in [0.15, 0.2) is 5.75 Å². The van der Waals surface area contributed by atoms with Crippen LogP contribution in [-0.4, -0.2) is 28.8 Å². The summed E-state index contributed by atoms with van der Waals surface area (Å²) in [5.41, 5.74) is 0.506. The molecule has 1 aliphatic rings. The molecule has 0 radical (unpaired) electrons. The average Bonchev–Trinajstić information content (AvgIpc) is 3.36. The number of carbonyl (C=O) groups excluding carboxylic acids is 2. The third kappa shape index (κ3) is 3.99. The number of aliphatic hydroxyl groups is 1. The van der Waals surface area contributed by atoms with Crippen molar-refractivity contribution >= 4 is 52.0 Å². The van der Waals surface area contributed by atoms with Crippen LogP contribution in [0, 0.1) is 5.82 Å². The maximum atomic E-state index is 13.6. The fourth-order valence-electron chi connectivity index (χ4n) is 3.65. The van der Waals surface area contributed by atoms with E-state index in [1.165, 1.54) is 59.7 Å². The minimum Gasteiger partial charge on any atom is -0.507 e. The molecule has 0 bridgehead atoms. The van der Waals surface area contributed by atoms with Gasteiger partial charge in [0.25, 0.3) is 11.7 Å². The van der Waals surface area contributed by atoms with Crippen molar-refractivity contribution in [1.29, 1.82) is 0 Å². The maximum absolute atomic E-state index is 13.6. The second kappa shape index (κ2) is 8.94. The minimum atomic E-state index is -0.919. The molecule has 0 aliphatic carbocycles. The SMILES string of the molecule is COc1c(Cl)cc(/C(O)=C2\C(=O)C(=O)N(Cc3cccs3)C2c2ccc(F)cc2)cc1Cl. The summed E-state index contributed by atoms with van der Waals surface area (Å²) in [6, 6.07) is 11.0. The molecule has 1 fully saturated rings. The molecule has 1 amide bonds. The first-order valence-electron chi connectivity index (χ1n) is 9.41. The number of amides is 1. The van der Waals surface area contributed by atoms with Gasteiger partial charge in [-0.05, 0) is 41.3 Å². The van der Waals surface area contributed by atoms with Gasteiger partial charge in [0, 0.05) is 10.4 Å². The van der Waals surface area contributed by atoms with Crippen molar-refractivity contribution in [3.05, 3.63) is 91.4 Å². The van der Waals surface area contributed by atoms with E-state index in [1.54, 1.807) is 0 Å². The summed E-state index contributed by atoms with van der Waals surface area (Å²) in [6.45, 7) is 0.158. The molecule has 3 aromatic rings. The molecule has 2 heterocycles. The Morgan fingerprint density at radius 3 is 2.38 bits per heavy atom. The van der Waals surface area contributed by atoms with Gasteiger partial charge in [0.05, 0.1) is 35.3 Å². The van der Waals surface area contributed by atoms with Gasteiger partial charge in [-0.2, -0.15) is 0 Å². The number of carbonyl (C=O) groups is 2. The Morgan fingerprint density at radius 2 is 1.81 bits per heavy atom. The molecule has 0 spiro atoms. The molecular weight excluding hydrogens is 476 g/mol. The molecule has 32 heavy (non-hydrogen) atoms. The van der Waals surface area contributed by atoms with Crippen LogP contribution in [-0.2, 0) is 16.1 Å². The lowest BCUT2D eigenvalue weighted by molar-refractivity contribution is -0.140. The molecule has 1 saturated heterocycles. The van der Waals surface area contributed by atoms with Gasteiger partial charge < -0.3 is 14.7 Å². The Hall–Kier alpha value is -2.87. The van der Waals surface area contributed by atoms with Gasteiger partial charge in [-0.1, -0.05) is 41.4 Å². The summed E-state index contributed by atoms with van der Waals surface area (Å²) in [5.74, 6) is -2.29. The minimum absolute atomic E-state index is 0.129. The summed E-state index contributed by atoms with van der Waals surface area (Å²) >= 11 is 13.8. The highest BCUT2D eigenvalue weighted by molar-refractivity contribution is 7.09. The molecule has 1 aromatic heterocycles. The van der Waals surface area contributed by atoms with Gasteiger partial charge >= 0.3 is 0 Å². The number of hydrogen-bond donors (Lipinski definition) is 1. The molecule has 1 N–H and O–H groups in total. The number of methoxy groups -OCH3 is 1. The van der Waals surface area contributed by atoms with E-state index in [1.807, 2.05) is 17.5 Å². The Morgan fingerprint density at radius 1 is 1.16 bits per heavy atom. The molecule has 9 heteroatoms. The average molecular weight is 492 g/mol. The number of hydrogen-bond acceptors (Lipinski definition) is 5. The number of rotatable bonds is 5. The molecule has 5 nitrogen and oxygen atoms in total. The smallest absolute Gasteiger partial charge is 0.295 e. The van der Waals surface area contributed by atoms with E-state index < -0.39 is 29.3 Å². The van der Waals surface area contributed by atoms with E-state index in [0.29, 0.717) is 5.56 Å². The third-order valence-corrected chi connectivity index (χ3v) is 6.53. The Bertz CT molecular complexity index is 1200. The Balaban J connectivity index is 1.89. The summed E-state index contributed by atoms with van der Waals surface area (Å²) in [7, 11) is 1.40. The molecule has 2 aromatic carbocycles. The lowest BCUT2D eigenvalue weighted by Crippen LogP contribution is -2.28. The van der Waals surface area contributed by atoms with E-state index in [0.717, 1.165) is 4.88 Å². The van der Waals surface area contributed by atoms with E-state index in [2.05, 4.69) is 0 Å². The number of halogens is 3. The molecule has 1 atom stereocenters.